The first-order chi connectivity index (χ1) is 19.7. The molecule has 9 nitrogen and oxygen atoms in total. The molecule has 0 saturated carbocycles. The van der Waals surface area contributed by atoms with Gasteiger partial charge in [0.1, 0.15) is 5.60 Å². The van der Waals surface area contributed by atoms with Crippen molar-refractivity contribution in [3.8, 4) is 0 Å². The van der Waals surface area contributed by atoms with E-state index in [1.165, 1.54) is 0 Å². The third-order valence-electron chi connectivity index (χ3n) is 6.25. The molecule has 3 rings (SSSR count). The molecular formula is C32H43N3O6. The van der Waals surface area contributed by atoms with Crippen LogP contribution in [-0.2, 0) is 30.3 Å². The zero-order valence-electron chi connectivity index (χ0n) is 24.4. The number of benzene rings is 2. The number of para-hydroxylation sites is 1. The van der Waals surface area contributed by atoms with Crippen LogP contribution in [0.5, 0.6) is 0 Å². The van der Waals surface area contributed by atoms with Crippen molar-refractivity contribution in [1.29, 1.82) is 0 Å². The molecule has 3 amide bonds. The number of nitrogens with one attached hydrogen (secondary N) is 2. The number of unbranched alkanes of at least 4 members (excludes halogenated alkanes) is 1. The molecule has 0 spiro atoms. The van der Waals surface area contributed by atoms with Gasteiger partial charge >= 0.3 is 6.09 Å². The van der Waals surface area contributed by atoms with Crippen LogP contribution >= 0.6 is 0 Å². The minimum absolute atomic E-state index is 0.0545. The highest BCUT2D eigenvalue weighted by molar-refractivity contribution is 5.97. The number of anilines is 1. The molecule has 1 aliphatic heterocycles. The second kappa shape index (κ2) is 16.5. The van der Waals surface area contributed by atoms with Crippen molar-refractivity contribution in [3.63, 3.8) is 0 Å². The lowest BCUT2D eigenvalue weighted by Gasteiger charge is -2.27. The van der Waals surface area contributed by atoms with Gasteiger partial charge in [-0.2, -0.15) is 0 Å². The molecule has 0 aliphatic carbocycles. The van der Waals surface area contributed by atoms with Gasteiger partial charge in [-0.25, -0.2) is 4.79 Å². The summed E-state index contributed by atoms with van der Waals surface area (Å²) in [6, 6.07) is 16.1. The topological polar surface area (TPSA) is 106 Å². The summed E-state index contributed by atoms with van der Waals surface area (Å²) in [5, 5.41) is 5.47. The molecule has 9 heteroatoms. The van der Waals surface area contributed by atoms with E-state index in [1.54, 1.807) is 20.8 Å². The Morgan fingerprint density at radius 3 is 2.12 bits per heavy atom. The average molecular weight is 566 g/mol. The van der Waals surface area contributed by atoms with Crippen LogP contribution in [0.3, 0.4) is 0 Å². The fourth-order valence-electron chi connectivity index (χ4n) is 4.28. The molecule has 2 N–H and O–H groups in total. The van der Waals surface area contributed by atoms with E-state index in [-0.39, 0.29) is 11.8 Å². The summed E-state index contributed by atoms with van der Waals surface area (Å²) in [4.78, 5) is 38.8. The second-order valence-corrected chi connectivity index (χ2v) is 10.8. The number of ether oxygens (including phenoxy) is 3. The Morgan fingerprint density at radius 2 is 1.39 bits per heavy atom. The smallest absolute Gasteiger partial charge is 0.407 e. The number of carbonyl (C=O) groups excluding carboxylic acids is 3. The lowest BCUT2D eigenvalue weighted by Crippen LogP contribution is -2.34. The van der Waals surface area contributed by atoms with E-state index in [1.807, 2.05) is 41.3 Å². The standard InChI is InChI=1S/C32H43N3O6/c1-32(2,3)41-31(38)34-19-21-40-23-22-39-20-18-33-29(36)14-8-9-15-30(37)35-24-27-12-5-4-10-25(27)16-17-26-11-6-7-13-28(26)35/h4-7,10-13,16-17H,8-9,14-15,18-24H2,1-3H3,(H,33,36)(H,34,38)/b17-16-. The monoisotopic (exact) mass is 565 g/mol. The fourth-order valence-corrected chi connectivity index (χ4v) is 4.28. The van der Waals surface area contributed by atoms with Gasteiger partial charge in [0.25, 0.3) is 0 Å². The highest BCUT2D eigenvalue weighted by atomic mass is 16.6. The maximum Gasteiger partial charge on any atom is 0.407 e. The van der Waals surface area contributed by atoms with Gasteiger partial charge in [-0.15, -0.1) is 0 Å². The minimum atomic E-state index is -0.529. The number of fused-ring (bicyclic) bond motifs is 2. The summed E-state index contributed by atoms with van der Waals surface area (Å²) >= 11 is 0. The van der Waals surface area contributed by atoms with Gasteiger partial charge < -0.3 is 29.7 Å². The van der Waals surface area contributed by atoms with E-state index in [0.29, 0.717) is 71.7 Å². The highest BCUT2D eigenvalue weighted by Gasteiger charge is 2.20. The maximum atomic E-state index is 13.3. The Morgan fingerprint density at radius 1 is 0.780 bits per heavy atom. The Balaban J connectivity index is 1.25. The van der Waals surface area contributed by atoms with Crippen molar-refractivity contribution in [2.24, 2.45) is 0 Å². The van der Waals surface area contributed by atoms with Gasteiger partial charge in [0.2, 0.25) is 11.8 Å². The molecule has 0 bridgehead atoms. The lowest BCUT2D eigenvalue weighted by atomic mass is 10.0. The lowest BCUT2D eigenvalue weighted by molar-refractivity contribution is -0.122. The van der Waals surface area contributed by atoms with E-state index < -0.39 is 11.7 Å². The summed E-state index contributed by atoms with van der Waals surface area (Å²) in [5.74, 6) is 0.000359. The van der Waals surface area contributed by atoms with E-state index >= 15 is 0 Å². The Bertz CT molecular complexity index is 1170. The largest absolute Gasteiger partial charge is 0.444 e. The molecular weight excluding hydrogens is 522 g/mol. The second-order valence-electron chi connectivity index (χ2n) is 10.8. The van der Waals surface area contributed by atoms with Crippen molar-refractivity contribution >= 4 is 35.7 Å². The third kappa shape index (κ3) is 11.8. The first-order valence-electron chi connectivity index (χ1n) is 14.3. The zero-order valence-corrected chi connectivity index (χ0v) is 24.4. The van der Waals surface area contributed by atoms with Gasteiger partial charge in [-0.1, -0.05) is 54.6 Å². The molecule has 0 aromatic heterocycles. The van der Waals surface area contributed by atoms with Crippen molar-refractivity contribution < 1.29 is 28.6 Å². The number of carbonyl (C=O) groups is 3. The third-order valence-corrected chi connectivity index (χ3v) is 6.25. The summed E-state index contributed by atoms with van der Waals surface area (Å²) in [6.07, 6.45) is 5.70. The zero-order chi connectivity index (χ0) is 29.5. The van der Waals surface area contributed by atoms with Gasteiger partial charge in [0.15, 0.2) is 0 Å². The van der Waals surface area contributed by atoms with Gasteiger partial charge in [0, 0.05) is 25.9 Å². The van der Waals surface area contributed by atoms with Crippen LogP contribution < -0.4 is 15.5 Å². The summed E-state index contributed by atoms with van der Waals surface area (Å²) in [6.45, 7) is 8.23. The number of nitrogens with zero attached hydrogens (tertiary/aromatic N) is 1. The number of amides is 3. The molecule has 41 heavy (non-hydrogen) atoms. The predicted molar refractivity (Wildman–Crippen MR) is 160 cm³/mol. The van der Waals surface area contributed by atoms with Crippen molar-refractivity contribution in [1.82, 2.24) is 10.6 Å². The molecule has 0 atom stereocenters. The predicted octanol–water partition coefficient (Wildman–Crippen LogP) is 4.94. The van der Waals surface area contributed by atoms with Crippen LogP contribution in [0.2, 0.25) is 0 Å². The maximum absolute atomic E-state index is 13.3. The number of rotatable bonds is 14. The molecule has 0 fully saturated rings. The average Bonchev–Trinajstić information content (AvgIpc) is 2.92. The summed E-state index contributed by atoms with van der Waals surface area (Å²) in [5.41, 5.74) is 3.61. The first-order valence-corrected chi connectivity index (χ1v) is 14.3. The molecule has 0 saturated heterocycles. The van der Waals surface area contributed by atoms with E-state index in [9.17, 15) is 14.4 Å². The molecule has 0 radical (unpaired) electrons. The van der Waals surface area contributed by atoms with Crippen LogP contribution in [0.1, 0.15) is 63.1 Å². The first kappa shape index (κ1) is 31.8. The van der Waals surface area contributed by atoms with E-state index in [4.69, 9.17) is 14.2 Å². The Labute approximate surface area is 243 Å². The number of hydrogen-bond donors (Lipinski definition) is 2. The van der Waals surface area contributed by atoms with Crippen LogP contribution in [0.25, 0.3) is 12.2 Å². The number of alkyl carbamates (subject to hydrolysis) is 1. The van der Waals surface area contributed by atoms with Crippen molar-refractivity contribution in [2.45, 2.75) is 58.6 Å². The van der Waals surface area contributed by atoms with Crippen LogP contribution in [0.15, 0.2) is 48.5 Å². The number of hydrogen-bond acceptors (Lipinski definition) is 6. The molecule has 2 aromatic carbocycles. The van der Waals surface area contributed by atoms with Crippen LogP contribution in [-0.4, -0.2) is 63.0 Å². The van der Waals surface area contributed by atoms with Crippen molar-refractivity contribution in [2.75, 3.05) is 44.4 Å². The quantitative estimate of drug-likeness (QED) is 0.315. The van der Waals surface area contributed by atoms with Crippen LogP contribution in [0, 0.1) is 0 Å². The molecule has 1 aliphatic rings. The minimum Gasteiger partial charge on any atom is -0.444 e. The molecule has 0 unspecified atom stereocenters. The van der Waals surface area contributed by atoms with Gasteiger partial charge in [0.05, 0.1) is 38.7 Å². The van der Waals surface area contributed by atoms with E-state index in [0.717, 1.165) is 22.4 Å². The molecule has 1 heterocycles. The molecule has 2 aromatic rings. The van der Waals surface area contributed by atoms with Gasteiger partial charge in [-0.05, 0) is 56.4 Å². The SMILES string of the molecule is CC(C)(C)OC(=O)NCCOCCOCCNC(=O)CCCCC(=O)N1Cc2ccccc2/C=C\c2ccccc21. The van der Waals surface area contributed by atoms with Crippen molar-refractivity contribution in [3.05, 3.63) is 65.2 Å². The van der Waals surface area contributed by atoms with E-state index in [2.05, 4.69) is 34.9 Å². The fraction of sp³-hybridized carbons (Fsp3) is 0.469. The van der Waals surface area contributed by atoms with Gasteiger partial charge in [-0.3, -0.25) is 9.59 Å². The van der Waals surface area contributed by atoms with Crippen LogP contribution in [0.4, 0.5) is 10.5 Å². The highest BCUT2D eigenvalue weighted by Crippen LogP contribution is 2.29. The Kier molecular flexibility index (Phi) is 12.8. The molecule has 222 valence electrons. The Hall–Kier alpha value is -3.69. The summed E-state index contributed by atoms with van der Waals surface area (Å²) in [7, 11) is 0. The normalized spacial score (nSPS) is 13.3. The summed E-state index contributed by atoms with van der Waals surface area (Å²) < 4.78 is 16.0.